The van der Waals surface area contributed by atoms with Crippen molar-refractivity contribution in [3.05, 3.63) is 67.1 Å². The molecule has 0 aliphatic heterocycles. The molecule has 4 nitrogen and oxygen atoms in total. The van der Waals surface area contributed by atoms with Crippen molar-refractivity contribution in [1.82, 2.24) is 20.4 Å². The summed E-state index contributed by atoms with van der Waals surface area (Å²) in [7, 11) is 0. The second-order valence-electron chi connectivity index (χ2n) is 4.08. The van der Waals surface area contributed by atoms with Crippen molar-refractivity contribution in [1.29, 1.82) is 0 Å². The molecule has 1 N–H and O–H groups in total. The number of rotatable bonds is 0. The van der Waals surface area contributed by atoms with Crippen LogP contribution in [0, 0.1) is 0 Å². The molecule has 4 aromatic rings. The van der Waals surface area contributed by atoms with Crippen molar-refractivity contribution < 1.29 is 0 Å². The third-order valence-electron chi connectivity index (χ3n) is 2.81. The second-order valence-corrected chi connectivity index (χ2v) is 4.08. The minimum atomic E-state index is 1.09. The number of fused-ring (bicyclic) bond motifs is 2. The predicted octanol–water partition coefficient (Wildman–Crippen LogP) is 3.19. The molecule has 0 bridgehead atoms. The van der Waals surface area contributed by atoms with Gasteiger partial charge in [0, 0.05) is 16.2 Å². The summed E-state index contributed by atoms with van der Waals surface area (Å²) >= 11 is 0. The molecule has 0 unspecified atom stereocenters. The van der Waals surface area contributed by atoms with Crippen LogP contribution in [0.4, 0.5) is 0 Å². The normalized spacial score (nSPS) is 10.1. The van der Waals surface area contributed by atoms with E-state index < -0.39 is 0 Å². The summed E-state index contributed by atoms with van der Waals surface area (Å²) in [6.07, 6.45) is 5.33. The van der Waals surface area contributed by atoms with Crippen molar-refractivity contribution in [2.75, 3.05) is 0 Å². The van der Waals surface area contributed by atoms with Gasteiger partial charge in [0.15, 0.2) is 0 Å². The average Bonchev–Trinajstić information content (AvgIpc) is 2.96. The molecule has 0 aliphatic carbocycles. The molecule has 4 rings (SSSR count). The molecule has 0 fully saturated rings. The molecule has 4 heteroatoms. The van der Waals surface area contributed by atoms with E-state index >= 15 is 0 Å². The average molecular weight is 248 g/mol. The molecule has 2 aromatic heterocycles. The molecular weight excluding hydrogens is 236 g/mol. The van der Waals surface area contributed by atoms with E-state index in [1.165, 1.54) is 0 Å². The van der Waals surface area contributed by atoms with Crippen molar-refractivity contribution in [2.45, 2.75) is 0 Å². The third kappa shape index (κ3) is 2.57. The van der Waals surface area contributed by atoms with Gasteiger partial charge in [0.1, 0.15) is 0 Å². The minimum absolute atomic E-state index is 1.09. The van der Waals surface area contributed by atoms with Crippen molar-refractivity contribution in [2.24, 2.45) is 0 Å². The summed E-state index contributed by atoms with van der Waals surface area (Å²) in [5.41, 5.74) is 1.09. The lowest BCUT2D eigenvalue weighted by Crippen LogP contribution is -1.77. The quantitative estimate of drug-likeness (QED) is 0.520. The van der Waals surface area contributed by atoms with Crippen LogP contribution in [0.5, 0.6) is 0 Å². The highest BCUT2D eigenvalue weighted by Crippen LogP contribution is 2.08. The molecule has 0 radical (unpaired) electrons. The lowest BCUT2D eigenvalue weighted by molar-refractivity contribution is 1.05. The summed E-state index contributed by atoms with van der Waals surface area (Å²) in [6.45, 7) is 0. The number of H-pyrrole nitrogens is 1. The first-order chi connectivity index (χ1) is 9.43. The first-order valence-electron chi connectivity index (χ1n) is 5.97. The van der Waals surface area contributed by atoms with Gasteiger partial charge in [0.05, 0.1) is 24.1 Å². The molecule has 19 heavy (non-hydrogen) atoms. The standard InChI is InChI=1S/C8H6N2.C7H6N2/c1-2-4-8-6-10-9-5-7(8)3-1;1-2-4-7-6(3-1)5-8-9-7/h1-6H;1-5H,(H,8,9). The van der Waals surface area contributed by atoms with Crippen LogP contribution < -0.4 is 0 Å². The van der Waals surface area contributed by atoms with Gasteiger partial charge in [0.2, 0.25) is 0 Å². The van der Waals surface area contributed by atoms with E-state index in [0.29, 0.717) is 0 Å². The zero-order valence-electron chi connectivity index (χ0n) is 10.2. The van der Waals surface area contributed by atoms with Crippen molar-refractivity contribution >= 4 is 21.7 Å². The largest absolute Gasteiger partial charge is 0.278 e. The van der Waals surface area contributed by atoms with Crippen LogP contribution in [0.15, 0.2) is 67.1 Å². The topological polar surface area (TPSA) is 54.5 Å². The van der Waals surface area contributed by atoms with Crippen LogP contribution >= 0.6 is 0 Å². The van der Waals surface area contributed by atoms with Crippen LogP contribution in [0.1, 0.15) is 0 Å². The van der Waals surface area contributed by atoms with E-state index in [2.05, 4.69) is 20.4 Å². The number of hydrogen-bond acceptors (Lipinski definition) is 3. The molecular formula is C15H12N4. The Labute approximate surface area is 110 Å². The Morgan fingerprint density at radius 1 is 0.632 bits per heavy atom. The number of benzene rings is 2. The van der Waals surface area contributed by atoms with Gasteiger partial charge >= 0.3 is 0 Å². The highest BCUT2D eigenvalue weighted by molar-refractivity contribution is 5.80. The number of hydrogen-bond donors (Lipinski definition) is 1. The molecule has 2 aromatic carbocycles. The smallest absolute Gasteiger partial charge is 0.0650 e. The number of para-hydroxylation sites is 1. The summed E-state index contributed by atoms with van der Waals surface area (Å²) in [5.74, 6) is 0. The van der Waals surface area contributed by atoms with Gasteiger partial charge in [-0.2, -0.15) is 15.3 Å². The Morgan fingerprint density at radius 2 is 1.21 bits per heavy atom. The van der Waals surface area contributed by atoms with Gasteiger partial charge in [-0.15, -0.1) is 0 Å². The van der Waals surface area contributed by atoms with Gasteiger partial charge in [-0.3, -0.25) is 5.10 Å². The van der Waals surface area contributed by atoms with Crippen LogP contribution in [0.3, 0.4) is 0 Å². The fourth-order valence-corrected chi connectivity index (χ4v) is 1.82. The fourth-order valence-electron chi connectivity index (χ4n) is 1.82. The van der Waals surface area contributed by atoms with Gasteiger partial charge in [-0.1, -0.05) is 42.5 Å². The zero-order valence-corrected chi connectivity index (χ0v) is 10.2. The van der Waals surface area contributed by atoms with E-state index in [0.717, 1.165) is 21.7 Å². The SMILES string of the molecule is c1ccc2[nH]ncc2c1.c1ccc2cnncc2c1. The molecule has 0 amide bonds. The maximum Gasteiger partial charge on any atom is 0.0650 e. The van der Waals surface area contributed by atoms with E-state index in [1.54, 1.807) is 12.4 Å². The Kier molecular flexibility index (Phi) is 3.14. The highest BCUT2D eigenvalue weighted by atomic mass is 15.1. The van der Waals surface area contributed by atoms with Gasteiger partial charge < -0.3 is 0 Å². The maximum atomic E-state index is 3.88. The predicted molar refractivity (Wildman–Crippen MR) is 75.6 cm³/mol. The Morgan fingerprint density at radius 3 is 1.84 bits per heavy atom. The molecule has 0 spiro atoms. The first-order valence-corrected chi connectivity index (χ1v) is 5.97. The summed E-state index contributed by atoms with van der Waals surface area (Å²) in [5, 5.41) is 17.7. The number of aromatic amines is 1. The van der Waals surface area contributed by atoms with Crippen molar-refractivity contribution in [3.8, 4) is 0 Å². The molecule has 0 atom stereocenters. The summed E-state index contributed by atoms with van der Waals surface area (Å²) in [4.78, 5) is 0. The van der Waals surface area contributed by atoms with Crippen molar-refractivity contribution in [3.63, 3.8) is 0 Å². The molecule has 0 aliphatic rings. The molecule has 0 saturated carbocycles. The van der Waals surface area contributed by atoms with Gasteiger partial charge in [-0.25, -0.2) is 0 Å². The maximum absolute atomic E-state index is 3.88. The highest BCUT2D eigenvalue weighted by Gasteiger charge is 1.88. The molecule has 0 saturated heterocycles. The zero-order chi connectivity index (χ0) is 12.9. The number of nitrogens with one attached hydrogen (secondary N) is 1. The Hall–Kier alpha value is -2.75. The Bertz CT molecular complexity index is 696. The third-order valence-corrected chi connectivity index (χ3v) is 2.81. The lowest BCUT2D eigenvalue weighted by atomic mass is 10.2. The van der Waals surface area contributed by atoms with Crippen LogP contribution in [-0.2, 0) is 0 Å². The van der Waals surface area contributed by atoms with Crippen LogP contribution in [0.2, 0.25) is 0 Å². The summed E-state index contributed by atoms with van der Waals surface area (Å²) < 4.78 is 0. The number of aromatic nitrogens is 4. The van der Waals surface area contributed by atoms with E-state index in [-0.39, 0.29) is 0 Å². The minimum Gasteiger partial charge on any atom is -0.278 e. The van der Waals surface area contributed by atoms with E-state index in [1.807, 2.05) is 54.7 Å². The number of nitrogens with zero attached hydrogens (tertiary/aromatic N) is 3. The summed E-state index contributed by atoms with van der Waals surface area (Å²) in [6, 6.07) is 16.0. The first kappa shape index (κ1) is 11.3. The monoisotopic (exact) mass is 248 g/mol. The molecule has 2 heterocycles. The second kappa shape index (κ2) is 5.27. The fraction of sp³-hybridized carbons (Fsp3) is 0. The lowest BCUT2D eigenvalue weighted by Gasteiger charge is -1.90. The van der Waals surface area contributed by atoms with E-state index in [9.17, 15) is 0 Å². The van der Waals surface area contributed by atoms with Gasteiger partial charge in [0.25, 0.3) is 0 Å². The van der Waals surface area contributed by atoms with Gasteiger partial charge in [-0.05, 0) is 6.07 Å². The molecule has 92 valence electrons. The van der Waals surface area contributed by atoms with Crippen LogP contribution in [-0.4, -0.2) is 20.4 Å². The van der Waals surface area contributed by atoms with E-state index in [4.69, 9.17) is 0 Å². The van der Waals surface area contributed by atoms with Crippen LogP contribution in [0.25, 0.3) is 21.7 Å². The Balaban J connectivity index is 0.000000117.